The summed E-state index contributed by atoms with van der Waals surface area (Å²) in [4.78, 5) is 22.4. The second-order valence-corrected chi connectivity index (χ2v) is 8.27. The predicted octanol–water partition coefficient (Wildman–Crippen LogP) is 5.58. The highest BCUT2D eigenvalue weighted by Gasteiger charge is 2.15. The van der Waals surface area contributed by atoms with Gasteiger partial charge < -0.3 is 10.4 Å². The molecule has 2 aromatic heterocycles. The molecule has 8 heteroatoms. The number of carbonyl (C=O) groups excluding carboxylic acids is 1. The fraction of sp³-hybridized carbons (Fsp3) is 0.0952. The molecule has 1 amide bonds. The van der Waals surface area contributed by atoms with Gasteiger partial charge in [0.25, 0.3) is 5.91 Å². The number of phenols is 1. The Bertz CT molecular complexity index is 1170. The number of anilines is 3. The number of amides is 1. The van der Waals surface area contributed by atoms with E-state index in [1.807, 2.05) is 43.5 Å². The Morgan fingerprint density at radius 2 is 1.83 bits per heavy atom. The van der Waals surface area contributed by atoms with Gasteiger partial charge in [0.2, 0.25) is 0 Å². The smallest absolute Gasteiger partial charge is 0.257 e. The minimum atomic E-state index is -0.186. The monoisotopic (exact) mass is 422 g/mol. The second-order valence-electron chi connectivity index (χ2n) is 6.42. The Balaban J connectivity index is 1.51. The number of aromatic nitrogens is 2. The molecule has 6 nitrogen and oxygen atoms in total. The van der Waals surface area contributed by atoms with E-state index in [4.69, 9.17) is 0 Å². The third-order valence-corrected chi connectivity index (χ3v) is 6.09. The number of benzene rings is 2. The molecule has 0 spiro atoms. The van der Waals surface area contributed by atoms with Gasteiger partial charge in [-0.1, -0.05) is 29.5 Å². The number of nitrogens with one attached hydrogen (secondary N) is 2. The lowest BCUT2D eigenvalue weighted by molar-refractivity contribution is 0.102. The number of hydrogen-bond acceptors (Lipinski definition) is 7. The van der Waals surface area contributed by atoms with E-state index >= 15 is 0 Å². The van der Waals surface area contributed by atoms with Gasteiger partial charge in [-0.05, 0) is 49.7 Å². The fourth-order valence-corrected chi connectivity index (χ4v) is 4.50. The van der Waals surface area contributed by atoms with Gasteiger partial charge in [-0.25, -0.2) is 9.97 Å². The van der Waals surface area contributed by atoms with Crippen LogP contribution < -0.4 is 10.6 Å². The molecule has 0 saturated carbocycles. The molecule has 2 heterocycles. The molecule has 0 aliphatic carbocycles. The van der Waals surface area contributed by atoms with Crippen LogP contribution in [-0.4, -0.2) is 21.0 Å². The largest absolute Gasteiger partial charge is 0.508 e. The Hall–Kier alpha value is -3.23. The zero-order valence-corrected chi connectivity index (χ0v) is 17.4. The van der Waals surface area contributed by atoms with Crippen molar-refractivity contribution in [1.82, 2.24) is 9.97 Å². The average Bonchev–Trinajstić information content (AvgIpc) is 3.31. The molecular weight excluding hydrogens is 404 g/mol. The first kappa shape index (κ1) is 19.1. The van der Waals surface area contributed by atoms with Gasteiger partial charge in [0.05, 0.1) is 16.3 Å². The summed E-state index contributed by atoms with van der Waals surface area (Å²) in [5.74, 6) is 0.0487. The first-order valence-corrected chi connectivity index (χ1v) is 10.6. The summed E-state index contributed by atoms with van der Waals surface area (Å²) in [5.41, 5.74) is 4.04. The summed E-state index contributed by atoms with van der Waals surface area (Å²) < 4.78 is 0. The summed E-state index contributed by atoms with van der Waals surface area (Å²) in [7, 11) is 0. The Labute approximate surface area is 175 Å². The summed E-state index contributed by atoms with van der Waals surface area (Å²) >= 11 is 2.89. The lowest BCUT2D eigenvalue weighted by Crippen LogP contribution is -2.11. The van der Waals surface area contributed by atoms with E-state index in [2.05, 4.69) is 20.6 Å². The molecule has 0 atom stereocenters. The van der Waals surface area contributed by atoms with Crippen LogP contribution in [0.4, 0.5) is 16.0 Å². The van der Waals surface area contributed by atoms with Crippen molar-refractivity contribution in [3.05, 3.63) is 70.7 Å². The van der Waals surface area contributed by atoms with Crippen LogP contribution in [-0.2, 0) is 0 Å². The molecule has 2 aromatic carbocycles. The lowest BCUT2D eigenvalue weighted by atomic mass is 10.2. The van der Waals surface area contributed by atoms with Crippen LogP contribution in [0.1, 0.15) is 21.6 Å². The number of phenolic OH excluding ortho intramolecular Hbond substituents is 1. The summed E-state index contributed by atoms with van der Waals surface area (Å²) in [6.07, 6.45) is 0. The molecule has 0 saturated heterocycles. The van der Waals surface area contributed by atoms with Gasteiger partial charge in [-0.3, -0.25) is 10.1 Å². The minimum absolute atomic E-state index is 0.186. The second kappa shape index (κ2) is 8.02. The van der Waals surface area contributed by atoms with Crippen LogP contribution in [0, 0.1) is 13.8 Å². The molecule has 4 aromatic rings. The van der Waals surface area contributed by atoms with E-state index < -0.39 is 0 Å². The van der Waals surface area contributed by atoms with Gasteiger partial charge in [0.1, 0.15) is 5.75 Å². The molecule has 0 fully saturated rings. The maximum atomic E-state index is 12.3. The molecule has 29 heavy (non-hydrogen) atoms. The standard InChI is InChI=1S/C21H18N4O2S2/c1-12-10-15(26)8-9-16(12)23-20-24-17(11-28-20)18-13(2)22-21(29-18)25-19(27)14-6-4-3-5-7-14/h3-11,26H,1-2H3,(H,23,24)(H,22,25,27). The summed E-state index contributed by atoms with van der Waals surface area (Å²) in [5, 5.41) is 18.9. The van der Waals surface area contributed by atoms with Crippen LogP contribution >= 0.6 is 22.7 Å². The van der Waals surface area contributed by atoms with Gasteiger partial charge in [0, 0.05) is 16.6 Å². The van der Waals surface area contributed by atoms with Crippen molar-refractivity contribution >= 4 is 44.5 Å². The Morgan fingerprint density at radius 3 is 2.59 bits per heavy atom. The number of hydrogen-bond donors (Lipinski definition) is 3. The van der Waals surface area contributed by atoms with Crippen LogP contribution in [0.5, 0.6) is 5.75 Å². The molecule has 4 rings (SSSR count). The van der Waals surface area contributed by atoms with E-state index in [1.165, 1.54) is 22.7 Å². The van der Waals surface area contributed by atoms with Gasteiger partial charge in [-0.2, -0.15) is 0 Å². The number of carbonyl (C=O) groups is 1. The molecule has 0 aliphatic rings. The minimum Gasteiger partial charge on any atom is -0.508 e. The van der Waals surface area contributed by atoms with Crippen LogP contribution in [0.25, 0.3) is 10.6 Å². The van der Waals surface area contributed by atoms with Crippen molar-refractivity contribution in [3.63, 3.8) is 0 Å². The maximum absolute atomic E-state index is 12.3. The highest BCUT2D eigenvalue weighted by molar-refractivity contribution is 7.20. The molecule has 0 radical (unpaired) electrons. The van der Waals surface area contributed by atoms with Crippen LogP contribution in [0.2, 0.25) is 0 Å². The first-order chi connectivity index (χ1) is 14.0. The molecule has 0 unspecified atom stereocenters. The number of aryl methyl sites for hydroxylation is 2. The maximum Gasteiger partial charge on any atom is 0.257 e. The molecule has 146 valence electrons. The van der Waals surface area contributed by atoms with E-state index in [1.54, 1.807) is 24.3 Å². The molecule has 0 aliphatic heterocycles. The highest BCUT2D eigenvalue weighted by Crippen LogP contribution is 2.35. The Kier molecular flexibility index (Phi) is 5.28. The molecule has 3 N–H and O–H groups in total. The highest BCUT2D eigenvalue weighted by atomic mass is 32.1. The number of nitrogens with zero attached hydrogens (tertiary/aromatic N) is 2. The number of rotatable bonds is 5. The van der Waals surface area contributed by atoms with E-state index in [-0.39, 0.29) is 11.7 Å². The average molecular weight is 423 g/mol. The van der Waals surface area contributed by atoms with Gasteiger partial charge >= 0.3 is 0 Å². The van der Waals surface area contributed by atoms with Gasteiger partial charge in [0.15, 0.2) is 10.3 Å². The molecular formula is C21H18N4O2S2. The number of thiazole rings is 2. The van der Waals surface area contributed by atoms with E-state index in [0.717, 1.165) is 32.6 Å². The third kappa shape index (κ3) is 4.28. The predicted molar refractivity (Wildman–Crippen MR) is 118 cm³/mol. The van der Waals surface area contributed by atoms with Crippen molar-refractivity contribution < 1.29 is 9.90 Å². The fourth-order valence-electron chi connectivity index (χ4n) is 2.79. The Morgan fingerprint density at radius 1 is 1.03 bits per heavy atom. The number of aromatic hydroxyl groups is 1. The topological polar surface area (TPSA) is 87.1 Å². The van der Waals surface area contributed by atoms with Crippen LogP contribution in [0.15, 0.2) is 53.9 Å². The van der Waals surface area contributed by atoms with Crippen LogP contribution in [0.3, 0.4) is 0 Å². The quantitative estimate of drug-likeness (QED) is 0.365. The van der Waals surface area contributed by atoms with Gasteiger partial charge in [-0.15, -0.1) is 11.3 Å². The van der Waals surface area contributed by atoms with Crippen molar-refractivity contribution in [3.8, 4) is 16.3 Å². The first-order valence-electron chi connectivity index (χ1n) is 8.86. The SMILES string of the molecule is Cc1cc(O)ccc1Nc1nc(-c2sc(NC(=O)c3ccccc3)nc2C)cs1. The van der Waals surface area contributed by atoms with E-state index in [0.29, 0.717) is 10.7 Å². The van der Waals surface area contributed by atoms with Crippen molar-refractivity contribution in [2.45, 2.75) is 13.8 Å². The zero-order chi connectivity index (χ0) is 20.4. The normalized spacial score (nSPS) is 10.7. The van der Waals surface area contributed by atoms with Crippen molar-refractivity contribution in [2.24, 2.45) is 0 Å². The van der Waals surface area contributed by atoms with Crippen molar-refractivity contribution in [1.29, 1.82) is 0 Å². The zero-order valence-electron chi connectivity index (χ0n) is 15.8. The van der Waals surface area contributed by atoms with Crippen molar-refractivity contribution in [2.75, 3.05) is 10.6 Å². The third-order valence-electron chi connectivity index (χ3n) is 4.24. The lowest BCUT2D eigenvalue weighted by Gasteiger charge is -2.06. The molecule has 0 bridgehead atoms. The van der Waals surface area contributed by atoms with E-state index in [9.17, 15) is 9.90 Å². The summed E-state index contributed by atoms with van der Waals surface area (Å²) in [6.45, 7) is 3.83. The summed E-state index contributed by atoms with van der Waals surface area (Å²) in [6, 6.07) is 14.2.